The molecule has 8 heteroatoms. The van der Waals surface area contributed by atoms with Gasteiger partial charge in [-0.1, -0.05) is 8.53 Å². The molecular formula is CH5O5P3-2. The molecule has 0 aliphatic carbocycles. The van der Waals surface area contributed by atoms with Crippen molar-refractivity contribution in [1.29, 1.82) is 0 Å². The maximum atomic E-state index is 10.1. The van der Waals surface area contributed by atoms with Crippen molar-refractivity contribution in [3.8, 4) is 0 Å². The van der Waals surface area contributed by atoms with Gasteiger partial charge in [-0.3, -0.25) is 0 Å². The van der Waals surface area contributed by atoms with Crippen LogP contribution >= 0.6 is 23.4 Å². The lowest BCUT2D eigenvalue weighted by molar-refractivity contribution is -0.214. The fraction of sp³-hybridized carbons (Fsp3) is 1.00. The first-order valence-corrected chi connectivity index (χ1v) is 6.69. The predicted molar refractivity (Wildman–Crippen MR) is 32.1 cm³/mol. The predicted octanol–water partition coefficient (Wildman–Crippen LogP) is -0.641. The highest BCUT2D eigenvalue weighted by Crippen LogP contribution is 2.52. The Labute approximate surface area is 54.5 Å². The Morgan fingerprint density at radius 2 is 2.00 bits per heavy atom. The fourth-order valence-electron chi connectivity index (χ4n) is 0.201. The minimum atomic E-state index is -4.10. The first-order chi connectivity index (χ1) is 3.71. The lowest BCUT2D eigenvalue weighted by atomic mass is 12.0. The highest BCUT2D eigenvalue weighted by Gasteiger charge is 2.02. The van der Waals surface area contributed by atoms with Crippen LogP contribution in [0, 0.1) is 0 Å². The molecule has 0 saturated carbocycles. The molecule has 0 spiro atoms. The van der Waals surface area contributed by atoms with Gasteiger partial charge < -0.3 is 23.6 Å². The van der Waals surface area contributed by atoms with Crippen LogP contribution in [-0.4, -0.2) is 11.6 Å². The second-order valence-corrected chi connectivity index (χ2v) is 6.31. The van der Waals surface area contributed by atoms with E-state index in [1.54, 1.807) is 0 Å². The fourth-order valence-corrected chi connectivity index (χ4v) is 3.14. The molecule has 9 heavy (non-hydrogen) atoms. The summed E-state index contributed by atoms with van der Waals surface area (Å²) in [6.45, 7) is 0.704. The standard InChI is InChI=1S/CH6O5P3/c1-8(2,3)6-9(4,5)7/h7H,1H3,(H2-,2,3,4,5)/q-1/p-1. The Morgan fingerprint density at radius 1 is 1.67 bits per heavy atom. The van der Waals surface area contributed by atoms with E-state index >= 15 is 0 Å². The van der Waals surface area contributed by atoms with Crippen LogP contribution in [0.4, 0.5) is 0 Å². The van der Waals surface area contributed by atoms with Crippen molar-refractivity contribution in [3.05, 3.63) is 0 Å². The molecule has 0 aromatic rings. The third-order valence-electron chi connectivity index (χ3n) is 0.259. The smallest absolute Gasteiger partial charge is 0.137 e. The summed E-state index contributed by atoms with van der Waals surface area (Å²) in [5.74, 6) is 0. The van der Waals surface area contributed by atoms with Gasteiger partial charge in [0.15, 0.2) is 0 Å². The van der Waals surface area contributed by atoms with Gasteiger partial charge in [-0.15, -0.1) is 0 Å². The molecule has 0 aromatic carbocycles. The molecule has 0 rings (SSSR count). The van der Waals surface area contributed by atoms with Crippen LogP contribution in [0.25, 0.3) is 0 Å². The summed E-state index contributed by atoms with van der Waals surface area (Å²) in [4.78, 5) is 28.4. The second-order valence-electron chi connectivity index (χ2n) is 1.37. The van der Waals surface area contributed by atoms with Crippen LogP contribution in [0.2, 0.25) is 0 Å². The van der Waals surface area contributed by atoms with Crippen LogP contribution < -0.4 is 9.79 Å². The number of hydrogen-bond acceptors (Lipinski definition) is 4. The van der Waals surface area contributed by atoms with E-state index in [9.17, 15) is 14.4 Å². The molecule has 0 aliphatic rings. The minimum Gasteiger partial charge on any atom is -0.785 e. The summed E-state index contributed by atoms with van der Waals surface area (Å²) in [5.41, 5.74) is 0. The van der Waals surface area contributed by atoms with Gasteiger partial charge in [0, 0.05) is 6.66 Å². The zero-order valence-electron chi connectivity index (χ0n) is 4.47. The first-order valence-electron chi connectivity index (χ1n) is 1.78. The van der Waals surface area contributed by atoms with E-state index in [1.165, 1.54) is 0 Å². The number of rotatable bonds is 2. The Balaban J connectivity index is 4.07. The summed E-state index contributed by atoms with van der Waals surface area (Å²) < 4.78 is 13.7. The van der Waals surface area contributed by atoms with Crippen molar-refractivity contribution < 1.29 is 23.6 Å². The third-order valence-corrected chi connectivity index (χ3v) is 3.07. The van der Waals surface area contributed by atoms with E-state index in [0.29, 0.717) is 6.66 Å². The van der Waals surface area contributed by atoms with E-state index in [0.717, 1.165) is 0 Å². The van der Waals surface area contributed by atoms with E-state index in [4.69, 9.17) is 4.89 Å². The van der Waals surface area contributed by atoms with Gasteiger partial charge in [0.2, 0.25) is 0 Å². The molecule has 0 amide bonds. The molecule has 0 heterocycles. The molecule has 1 N–H and O–H groups in total. The van der Waals surface area contributed by atoms with Gasteiger partial charge >= 0.3 is 0 Å². The van der Waals surface area contributed by atoms with Gasteiger partial charge in [0.1, 0.15) is 7.60 Å². The average molecular weight is 190 g/mol. The quantitative estimate of drug-likeness (QED) is 0.584. The van der Waals surface area contributed by atoms with Crippen molar-refractivity contribution in [3.63, 3.8) is 0 Å². The minimum absolute atomic E-state index is 0.704. The molecule has 56 valence electrons. The van der Waals surface area contributed by atoms with E-state index < -0.39 is 14.8 Å². The molecule has 0 bridgehead atoms. The lowest BCUT2D eigenvalue weighted by Gasteiger charge is -2.29. The zero-order chi connectivity index (χ0) is 7.71. The maximum absolute atomic E-state index is 10.1. The van der Waals surface area contributed by atoms with Gasteiger partial charge in [-0.2, -0.15) is 0 Å². The van der Waals surface area contributed by atoms with Crippen LogP contribution in [0.1, 0.15) is 0 Å². The first kappa shape index (κ1) is 9.80. The Morgan fingerprint density at radius 3 is 2.00 bits per heavy atom. The van der Waals surface area contributed by atoms with Gasteiger partial charge in [0.05, 0.1) is 7.23 Å². The summed E-state index contributed by atoms with van der Waals surface area (Å²) in [5, 5.41) is 0. The Kier molecular flexibility index (Phi) is 3.06. The molecule has 5 nitrogen and oxygen atoms in total. The van der Waals surface area contributed by atoms with E-state index in [1.807, 2.05) is 0 Å². The molecule has 0 radical (unpaired) electrons. The topological polar surface area (TPSA) is 92.7 Å². The van der Waals surface area contributed by atoms with Gasteiger partial charge in [-0.25, -0.2) is 0 Å². The molecular weight excluding hydrogens is 185 g/mol. The third kappa shape index (κ3) is 8.80. The Hall–Kier alpha value is 0.800. The van der Waals surface area contributed by atoms with Crippen molar-refractivity contribution in [2.75, 3.05) is 6.66 Å². The molecule has 2 atom stereocenters. The summed E-state index contributed by atoms with van der Waals surface area (Å²) in [6, 6.07) is 0. The molecule has 2 unspecified atom stereocenters. The van der Waals surface area contributed by atoms with Gasteiger partial charge in [0.25, 0.3) is 0 Å². The van der Waals surface area contributed by atoms with Crippen LogP contribution in [0.3, 0.4) is 0 Å². The highest BCUT2D eigenvalue weighted by atomic mass is 31.8. The van der Waals surface area contributed by atoms with Crippen LogP contribution in [0.15, 0.2) is 0 Å². The Bertz CT molecular complexity index is 153. The summed E-state index contributed by atoms with van der Waals surface area (Å²) in [7, 11) is -5.98. The van der Waals surface area contributed by atoms with Gasteiger partial charge in [-0.05, 0) is 0 Å². The van der Waals surface area contributed by atoms with E-state index in [-0.39, 0.29) is 0 Å². The van der Waals surface area contributed by atoms with Crippen LogP contribution in [0.5, 0.6) is 0 Å². The molecule has 0 saturated heterocycles. The maximum Gasteiger partial charge on any atom is 0.137 e. The largest absolute Gasteiger partial charge is 0.785 e. The second kappa shape index (κ2) is 2.81. The highest BCUT2D eigenvalue weighted by molar-refractivity contribution is 7.90. The molecule has 0 fully saturated rings. The van der Waals surface area contributed by atoms with Crippen molar-refractivity contribution >= 4 is 23.4 Å². The molecule has 0 aliphatic heterocycles. The van der Waals surface area contributed by atoms with Crippen molar-refractivity contribution in [2.45, 2.75) is 0 Å². The zero-order valence-corrected chi connectivity index (χ0v) is 7.26. The normalized spacial score (nSPS) is 24.4. The van der Waals surface area contributed by atoms with Crippen LogP contribution in [-0.2, 0) is 8.88 Å². The monoisotopic (exact) mass is 190 g/mol. The summed E-state index contributed by atoms with van der Waals surface area (Å²) >= 11 is 0. The summed E-state index contributed by atoms with van der Waals surface area (Å²) in [6.07, 6.45) is 0. The lowest BCUT2D eigenvalue weighted by Crippen LogP contribution is -2.06. The molecule has 0 aromatic heterocycles. The van der Waals surface area contributed by atoms with Crippen molar-refractivity contribution in [2.24, 2.45) is 0 Å². The van der Waals surface area contributed by atoms with E-state index in [2.05, 4.69) is 12.8 Å². The SMILES string of the molecule is CP(=O)([O-])OP([O-])(O)=P. The van der Waals surface area contributed by atoms with Crippen molar-refractivity contribution in [1.82, 2.24) is 0 Å². The average Bonchev–Trinajstić information content (AvgIpc) is 1.14. The number of hydrogen-bond donors (Lipinski definition) is 1.